The van der Waals surface area contributed by atoms with E-state index in [1.807, 2.05) is 84.9 Å². The molecule has 0 saturated carbocycles. The van der Waals surface area contributed by atoms with Gasteiger partial charge in [-0.25, -0.2) is 9.59 Å². The summed E-state index contributed by atoms with van der Waals surface area (Å²) in [6, 6.07) is 30.9. The largest absolute Gasteiger partial charge is 0.422 e. The van der Waals surface area contributed by atoms with Gasteiger partial charge in [-0.15, -0.1) is 0 Å². The third-order valence-electron chi connectivity index (χ3n) is 10.2. The van der Waals surface area contributed by atoms with Crippen molar-refractivity contribution in [3.63, 3.8) is 0 Å². The molecule has 0 amide bonds. The predicted octanol–water partition coefficient (Wildman–Crippen LogP) is 9.51. The van der Waals surface area contributed by atoms with E-state index < -0.39 is 11.3 Å². The molecule has 0 fully saturated rings. The van der Waals surface area contributed by atoms with Crippen LogP contribution in [0, 0.1) is 0 Å². The zero-order chi connectivity index (χ0) is 38.8. The minimum absolute atomic E-state index is 0.398. The second kappa shape index (κ2) is 15.4. The molecule has 0 aliphatic heterocycles. The molecule has 278 valence electrons. The highest BCUT2D eigenvalue weighted by molar-refractivity contribution is 5.86. The molecule has 56 heavy (non-hydrogen) atoms. The van der Waals surface area contributed by atoms with Crippen LogP contribution in [0.25, 0.3) is 78.1 Å². The molecule has 0 aliphatic carbocycles. The number of fused-ring (bicyclic) bond motifs is 2. The first kappa shape index (κ1) is 36.1. The van der Waals surface area contributed by atoms with Crippen molar-refractivity contribution in [2.75, 3.05) is 36.0 Å². The molecule has 0 radical (unpaired) electrons. The molecule has 10 heteroatoms. The van der Waals surface area contributed by atoms with Crippen LogP contribution in [0.2, 0.25) is 0 Å². The van der Waals surface area contributed by atoms with Gasteiger partial charge in [0.1, 0.15) is 22.6 Å². The van der Waals surface area contributed by atoms with Crippen molar-refractivity contribution in [2.45, 2.75) is 27.7 Å². The summed E-state index contributed by atoms with van der Waals surface area (Å²) < 4.78 is 11.6. The number of hydrogen-bond donors (Lipinski definition) is 0. The number of nitrogens with zero attached hydrogens (tertiary/aromatic N) is 6. The lowest BCUT2D eigenvalue weighted by Crippen LogP contribution is -2.21. The fourth-order valence-corrected chi connectivity index (χ4v) is 7.08. The van der Waals surface area contributed by atoms with E-state index in [1.165, 1.54) is 0 Å². The van der Waals surface area contributed by atoms with Gasteiger partial charge in [0.25, 0.3) is 0 Å². The predicted molar refractivity (Wildman–Crippen MR) is 224 cm³/mol. The van der Waals surface area contributed by atoms with Crippen LogP contribution in [0.5, 0.6) is 0 Å². The van der Waals surface area contributed by atoms with Crippen molar-refractivity contribution in [2.24, 2.45) is 0 Å². The van der Waals surface area contributed by atoms with Crippen LogP contribution >= 0.6 is 0 Å². The highest BCUT2D eigenvalue weighted by Gasteiger charge is 2.14. The number of anilines is 2. The average molecular weight is 741 g/mol. The topological polar surface area (TPSA) is 118 Å². The highest BCUT2D eigenvalue weighted by Crippen LogP contribution is 2.30. The first-order valence-corrected chi connectivity index (χ1v) is 18.9. The summed E-state index contributed by atoms with van der Waals surface area (Å²) in [4.78, 5) is 49.4. The maximum atomic E-state index is 13.2. The molecule has 8 rings (SSSR count). The molecule has 0 unspecified atom stereocenters. The fourth-order valence-electron chi connectivity index (χ4n) is 7.08. The van der Waals surface area contributed by atoms with E-state index in [-0.39, 0.29) is 0 Å². The zero-order valence-electron chi connectivity index (χ0n) is 31.7. The van der Waals surface area contributed by atoms with Gasteiger partial charge in [-0.1, -0.05) is 36.4 Å². The number of rotatable bonds is 11. The number of aromatic nitrogens is 4. The van der Waals surface area contributed by atoms with E-state index in [0.29, 0.717) is 45.1 Å². The van der Waals surface area contributed by atoms with Crippen LogP contribution in [0.1, 0.15) is 27.7 Å². The summed E-state index contributed by atoms with van der Waals surface area (Å²) in [5.74, 6) is 0. The van der Waals surface area contributed by atoms with Gasteiger partial charge >= 0.3 is 11.3 Å². The van der Waals surface area contributed by atoms with Gasteiger partial charge in [0.05, 0.1) is 47.3 Å². The molecular weight excluding hydrogens is 701 g/mol. The van der Waals surface area contributed by atoms with Crippen LogP contribution in [0.15, 0.2) is 140 Å². The molecule has 0 saturated heterocycles. The van der Waals surface area contributed by atoms with E-state index in [2.05, 4.69) is 69.6 Å². The van der Waals surface area contributed by atoms with E-state index in [1.54, 1.807) is 24.8 Å². The summed E-state index contributed by atoms with van der Waals surface area (Å²) in [7, 11) is 0. The molecular formula is C46H40N6O4. The maximum absolute atomic E-state index is 13.2. The Kier molecular flexibility index (Phi) is 9.93. The van der Waals surface area contributed by atoms with Gasteiger partial charge in [-0.05, 0) is 87.4 Å². The van der Waals surface area contributed by atoms with Crippen molar-refractivity contribution in [3.05, 3.63) is 143 Å². The van der Waals surface area contributed by atoms with Crippen molar-refractivity contribution < 1.29 is 8.83 Å². The summed E-state index contributed by atoms with van der Waals surface area (Å²) in [6.07, 6.45) is 6.69. The third kappa shape index (κ3) is 7.04. The maximum Gasteiger partial charge on any atom is 0.344 e. The first-order valence-electron chi connectivity index (χ1n) is 18.9. The minimum Gasteiger partial charge on any atom is -0.422 e. The molecule has 4 heterocycles. The van der Waals surface area contributed by atoms with E-state index in [9.17, 15) is 9.59 Å². The van der Waals surface area contributed by atoms with Crippen LogP contribution in [-0.4, -0.2) is 46.1 Å². The van der Waals surface area contributed by atoms with Crippen LogP contribution in [-0.2, 0) is 0 Å². The molecule has 4 aromatic heterocycles. The van der Waals surface area contributed by atoms with Gasteiger partial charge in [0.15, 0.2) is 0 Å². The molecule has 0 N–H and O–H groups in total. The van der Waals surface area contributed by atoms with Gasteiger partial charge in [0, 0.05) is 71.6 Å². The Morgan fingerprint density at radius 1 is 0.446 bits per heavy atom. The lowest BCUT2D eigenvalue weighted by atomic mass is 10.0. The Hall–Kier alpha value is -6.94. The van der Waals surface area contributed by atoms with E-state index in [0.717, 1.165) is 70.6 Å². The lowest BCUT2D eigenvalue weighted by Gasteiger charge is -2.21. The Labute approximate surface area is 323 Å². The summed E-state index contributed by atoms with van der Waals surface area (Å²) >= 11 is 0. The lowest BCUT2D eigenvalue weighted by molar-refractivity contribution is 0.563. The second-order valence-electron chi connectivity index (χ2n) is 13.4. The summed E-state index contributed by atoms with van der Waals surface area (Å²) in [5.41, 5.74) is 8.82. The molecule has 0 spiro atoms. The molecule has 0 atom stereocenters. The molecule has 0 bridgehead atoms. The standard InChI is InChI=1S/C46H40N6O4/c1-5-51(6-2)35-17-15-33-21-37(45(53)55-43(33)23-35)29-11-9-13-31(19-29)39-25-49-41(27-47-39)42-28-48-40(26-50-42)32-14-10-12-30(20-32)38-22-34-16-18-36(52(7-3)8-4)24-44(34)56-46(38)54/h9-28H,5-8H2,1-4H3. The molecule has 8 aromatic rings. The number of benzene rings is 4. The quantitative estimate of drug-likeness (QED) is 0.119. The highest BCUT2D eigenvalue weighted by atomic mass is 16.4. The minimum atomic E-state index is -0.398. The fraction of sp³-hybridized carbons (Fsp3) is 0.174. The Morgan fingerprint density at radius 3 is 1.20 bits per heavy atom. The smallest absolute Gasteiger partial charge is 0.344 e. The van der Waals surface area contributed by atoms with Crippen molar-refractivity contribution in [3.8, 4) is 56.2 Å². The zero-order valence-corrected chi connectivity index (χ0v) is 31.7. The Morgan fingerprint density at radius 2 is 0.821 bits per heavy atom. The number of hydrogen-bond acceptors (Lipinski definition) is 10. The SMILES string of the molecule is CCN(CC)c1ccc2cc(-c3cccc(-c4cnc(-c5cnc(-c6cccc(-c7cc8ccc(N(CC)CC)cc8oc7=O)c6)cn5)cn4)c3)c(=O)oc2c1. The van der Waals surface area contributed by atoms with Gasteiger partial charge in [-0.2, -0.15) is 0 Å². The summed E-state index contributed by atoms with van der Waals surface area (Å²) in [5, 5.41) is 1.71. The summed E-state index contributed by atoms with van der Waals surface area (Å²) in [6.45, 7) is 11.9. The van der Waals surface area contributed by atoms with Crippen LogP contribution in [0.4, 0.5) is 11.4 Å². The normalized spacial score (nSPS) is 11.3. The van der Waals surface area contributed by atoms with E-state index >= 15 is 0 Å². The molecule has 10 nitrogen and oxygen atoms in total. The van der Waals surface area contributed by atoms with Gasteiger partial charge < -0.3 is 18.6 Å². The Balaban J connectivity index is 1.00. The molecule has 4 aromatic carbocycles. The molecule has 0 aliphatic rings. The first-order chi connectivity index (χ1) is 27.3. The van der Waals surface area contributed by atoms with E-state index in [4.69, 9.17) is 8.83 Å². The Bertz CT molecular complexity index is 2610. The van der Waals surface area contributed by atoms with Crippen molar-refractivity contribution >= 4 is 33.3 Å². The average Bonchev–Trinajstić information content (AvgIpc) is 3.24. The van der Waals surface area contributed by atoms with Crippen molar-refractivity contribution in [1.82, 2.24) is 19.9 Å². The third-order valence-corrected chi connectivity index (χ3v) is 10.2. The van der Waals surface area contributed by atoms with Crippen molar-refractivity contribution in [1.29, 1.82) is 0 Å². The van der Waals surface area contributed by atoms with Gasteiger partial charge in [-0.3, -0.25) is 19.9 Å². The second-order valence-corrected chi connectivity index (χ2v) is 13.4. The van der Waals surface area contributed by atoms with Gasteiger partial charge in [0.2, 0.25) is 0 Å². The van der Waals surface area contributed by atoms with Crippen LogP contribution < -0.4 is 21.1 Å². The monoisotopic (exact) mass is 740 g/mol. The van der Waals surface area contributed by atoms with Crippen LogP contribution in [0.3, 0.4) is 0 Å².